The van der Waals surface area contributed by atoms with Gasteiger partial charge < -0.3 is 14.7 Å². The molecule has 0 aliphatic carbocycles. The number of aliphatic hydroxyl groups excluding tert-OH is 1. The van der Waals surface area contributed by atoms with Crippen molar-refractivity contribution in [2.24, 2.45) is 0 Å². The Morgan fingerprint density at radius 3 is 2.65 bits per heavy atom. The van der Waals surface area contributed by atoms with Gasteiger partial charge in [0.25, 0.3) is 5.91 Å². The molecule has 1 amide bonds. The van der Waals surface area contributed by atoms with Crippen LogP contribution >= 0.6 is 23.2 Å². The molecule has 0 radical (unpaired) electrons. The van der Waals surface area contributed by atoms with E-state index in [2.05, 4.69) is 0 Å². The standard InChI is InChI=1S/C14H17Cl2NO3/c1-9(14(19)17-4-2-3-5-17)20-13-10(8-18)6-11(15)7-12(13)16/h6-7,9,18H,2-5,8H2,1H3. The Hall–Kier alpha value is -0.970. The third-order valence-corrected chi connectivity index (χ3v) is 3.81. The van der Waals surface area contributed by atoms with Gasteiger partial charge in [-0.1, -0.05) is 23.2 Å². The number of aliphatic hydroxyl groups is 1. The van der Waals surface area contributed by atoms with Crippen LogP contribution in [-0.2, 0) is 11.4 Å². The number of carbonyl (C=O) groups excluding carboxylic acids is 1. The topological polar surface area (TPSA) is 49.8 Å². The fourth-order valence-electron chi connectivity index (χ4n) is 2.28. The van der Waals surface area contributed by atoms with Crippen molar-refractivity contribution in [3.05, 3.63) is 27.7 Å². The molecule has 1 aromatic carbocycles. The van der Waals surface area contributed by atoms with Gasteiger partial charge in [0.1, 0.15) is 5.75 Å². The Labute approximate surface area is 128 Å². The van der Waals surface area contributed by atoms with Gasteiger partial charge in [-0.05, 0) is 31.9 Å². The van der Waals surface area contributed by atoms with E-state index in [4.69, 9.17) is 27.9 Å². The van der Waals surface area contributed by atoms with E-state index in [1.54, 1.807) is 17.9 Å². The number of ether oxygens (including phenoxy) is 1. The molecule has 1 fully saturated rings. The van der Waals surface area contributed by atoms with Gasteiger partial charge in [0, 0.05) is 23.7 Å². The van der Waals surface area contributed by atoms with Gasteiger partial charge in [0.15, 0.2) is 6.10 Å². The fourth-order valence-corrected chi connectivity index (χ4v) is 2.87. The van der Waals surface area contributed by atoms with Crippen LogP contribution < -0.4 is 4.74 Å². The van der Waals surface area contributed by atoms with Crippen molar-refractivity contribution >= 4 is 29.1 Å². The van der Waals surface area contributed by atoms with E-state index >= 15 is 0 Å². The Morgan fingerprint density at radius 2 is 2.05 bits per heavy atom. The van der Waals surface area contributed by atoms with Crippen LogP contribution in [0.5, 0.6) is 5.75 Å². The zero-order valence-corrected chi connectivity index (χ0v) is 12.7. The first-order valence-electron chi connectivity index (χ1n) is 6.57. The lowest BCUT2D eigenvalue weighted by molar-refractivity contribution is -0.136. The molecule has 0 spiro atoms. The summed E-state index contributed by atoms with van der Waals surface area (Å²) in [6.07, 6.45) is 1.42. The molecule has 0 bridgehead atoms. The molecule has 1 aliphatic heterocycles. The van der Waals surface area contributed by atoms with Crippen molar-refractivity contribution in [1.29, 1.82) is 0 Å². The SMILES string of the molecule is CC(Oc1c(Cl)cc(Cl)cc1CO)C(=O)N1CCCC1. The molecular weight excluding hydrogens is 301 g/mol. The molecule has 2 rings (SSSR count). The van der Waals surface area contributed by atoms with Crippen LogP contribution in [0.4, 0.5) is 0 Å². The van der Waals surface area contributed by atoms with Crippen LogP contribution in [0.15, 0.2) is 12.1 Å². The lowest BCUT2D eigenvalue weighted by Gasteiger charge is -2.22. The molecule has 1 aromatic rings. The summed E-state index contributed by atoms with van der Waals surface area (Å²) in [6, 6.07) is 3.11. The van der Waals surface area contributed by atoms with E-state index in [0.717, 1.165) is 25.9 Å². The van der Waals surface area contributed by atoms with Crippen molar-refractivity contribution in [3.8, 4) is 5.75 Å². The summed E-state index contributed by atoms with van der Waals surface area (Å²) < 4.78 is 5.65. The normalized spacial score (nSPS) is 16.3. The van der Waals surface area contributed by atoms with Crippen LogP contribution in [0.1, 0.15) is 25.3 Å². The fraction of sp³-hybridized carbons (Fsp3) is 0.500. The maximum Gasteiger partial charge on any atom is 0.263 e. The second-order valence-corrected chi connectivity index (χ2v) is 5.67. The average molecular weight is 318 g/mol. The molecule has 0 aromatic heterocycles. The van der Waals surface area contributed by atoms with Gasteiger partial charge in [0.2, 0.25) is 0 Å². The van der Waals surface area contributed by atoms with Crippen LogP contribution in [-0.4, -0.2) is 35.1 Å². The van der Waals surface area contributed by atoms with Crippen LogP contribution in [0, 0.1) is 0 Å². The molecule has 1 unspecified atom stereocenters. The maximum atomic E-state index is 12.2. The Balaban J connectivity index is 2.14. The smallest absolute Gasteiger partial charge is 0.263 e. The predicted molar refractivity (Wildman–Crippen MR) is 78.3 cm³/mol. The van der Waals surface area contributed by atoms with Crippen molar-refractivity contribution in [2.75, 3.05) is 13.1 Å². The van der Waals surface area contributed by atoms with Crippen LogP contribution in [0.2, 0.25) is 10.0 Å². The monoisotopic (exact) mass is 317 g/mol. The molecule has 6 heteroatoms. The third kappa shape index (κ3) is 3.37. The number of amides is 1. The van der Waals surface area contributed by atoms with Crippen LogP contribution in [0.25, 0.3) is 0 Å². The molecule has 1 saturated heterocycles. The third-order valence-electron chi connectivity index (χ3n) is 3.32. The van der Waals surface area contributed by atoms with Gasteiger partial charge in [0.05, 0.1) is 11.6 Å². The molecule has 0 saturated carbocycles. The summed E-state index contributed by atoms with van der Waals surface area (Å²) >= 11 is 12.0. The van der Waals surface area contributed by atoms with Crippen molar-refractivity contribution in [1.82, 2.24) is 4.90 Å². The minimum Gasteiger partial charge on any atom is -0.479 e. The summed E-state index contributed by atoms with van der Waals surface area (Å²) in [5.74, 6) is 0.260. The van der Waals surface area contributed by atoms with Gasteiger partial charge >= 0.3 is 0 Å². The molecule has 1 aliphatic rings. The lowest BCUT2D eigenvalue weighted by atomic mass is 10.2. The average Bonchev–Trinajstić information content (AvgIpc) is 2.94. The number of nitrogens with zero attached hydrogens (tertiary/aromatic N) is 1. The van der Waals surface area contributed by atoms with E-state index in [9.17, 15) is 9.90 Å². The molecule has 110 valence electrons. The number of carbonyl (C=O) groups is 1. The summed E-state index contributed by atoms with van der Waals surface area (Å²) in [4.78, 5) is 14.0. The zero-order valence-electron chi connectivity index (χ0n) is 11.2. The van der Waals surface area contributed by atoms with Gasteiger partial charge in [-0.15, -0.1) is 0 Å². The highest BCUT2D eigenvalue weighted by Crippen LogP contribution is 2.33. The van der Waals surface area contributed by atoms with Crippen molar-refractivity contribution in [3.63, 3.8) is 0 Å². The quantitative estimate of drug-likeness (QED) is 0.929. The van der Waals surface area contributed by atoms with E-state index in [1.165, 1.54) is 6.07 Å². The summed E-state index contributed by atoms with van der Waals surface area (Å²) in [7, 11) is 0. The van der Waals surface area contributed by atoms with E-state index < -0.39 is 6.10 Å². The molecule has 1 atom stereocenters. The second kappa shape index (κ2) is 6.66. The minimum absolute atomic E-state index is 0.0580. The second-order valence-electron chi connectivity index (χ2n) is 4.83. The largest absolute Gasteiger partial charge is 0.479 e. The summed E-state index contributed by atoms with van der Waals surface area (Å²) in [6.45, 7) is 2.98. The number of hydrogen-bond donors (Lipinski definition) is 1. The molecular formula is C14H17Cl2NO3. The first kappa shape index (κ1) is 15.4. The molecule has 4 nitrogen and oxygen atoms in total. The van der Waals surface area contributed by atoms with E-state index in [0.29, 0.717) is 21.4 Å². The van der Waals surface area contributed by atoms with Crippen molar-refractivity contribution in [2.45, 2.75) is 32.5 Å². The maximum absolute atomic E-state index is 12.2. The zero-order chi connectivity index (χ0) is 14.7. The first-order chi connectivity index (χ1) is 9.52. The number of hydrogen-bond acceptors (Lipinski definition) is 3. The minimum atomic E-state index is -0.642. The number of benzene rings is 1. The highest BCUT2D eigenvalue weighted by Gasteiger charge is 2.25. The number of rotatable bonds is 4. The lowest BCUT2D eigenvalue weighted by Crippen LogP contribution is -2.38. The number of halogens is 2. The van der Waals surface area contributed by atoms with Gasteiger partial charge in [-0.25, -0.2) is 0 Å². The number of likely N-dealkylation sites (tertiary alicyclic amines) is 1. The summed E-state index contributed by atoms with van der Waals surface area (Å²) in [5.41, 5.74) is 0.476. The Kier molecular flexibility index (Phi) is 5.13. The summed E-state index contributed by atoms with van der Waals surface area (Å²) in [5, 5.41) is 10.1. The first-order valence-corrected chi connectivity index (χ1v) is 7.32. The molecule has 20 heavy (non-hydrogen) atoms. The van der Waals surface area contributed by atoms with E-state index in [1.807, 2.05) is 0 Å². The highest BCUT2D eigenvalue weighted by atomic mass is 35.5. The van der Waals surface area contributed by atoms with E-state index in [-0.39, 0.29) is 12.5 Å². The van der Waals surface area contributed by atoms with Gasteiger partial charge in [-0.2, -0.15) is 0 Å². The Bertz CT molecular complexity index is 501. The molecule has 1 N–H and O–H groups in total. The van der Waals surface area contributed by atoms with Crippen molar-refractivity contribution < 1.29 is 14.6 Å². The van der Waals surface area contributed by atoms with Gasteiger partial charge in [-0.3, -0.25) is 4.79 Å². The molecule has 1 heterocycles. The van der Waals surface area contributed by atoms with Crippen LogP contribution in [0.3, 0.4) is 0 Å². The predicted octanol–water partition coefficient (Wildman–Crippen LogP) is 2.88. The highest BCUT2D eigenvalue weighted by molar-refractivity contribution is 6.35. The Morgan fingerprint density at radius 1 is 1.40 bits per heavy atom.